The summed E-state index contributed by atoms with van der Waals surface area (Å²) in [5, 5.41) is 6.60. The lowest BCUT2D eigenvalue weighted by Gasteiger charge is -2.23. The van der Waals surface area contributed by atoms with Gasteiger partial charge in [-0.25, -0.2) is 8.42 Å². The number of hydrogen-bond donors (Lipinski definition) is 2. The molecule has 1 fully saturated rings. The van der Waals surface area contributed by atoms with E-state index >= 15 is 0 Å². The van der Waals surface area contributed by atoms with Crippen molar-refractivity contribution in [2.45, 2.75) is 26.7 Å². The van der Waals surface area contributed by atoms with Gasteiger partial charge < -0.3 is 15.5 Å². The first-order valence-electron chi connectivity index (χ1n) is 9.56. The minimum Gasteiger partial charge on any atom is -0.372 e. The van der Waals surface area contributed by atoms with Crippen LogP contribution in [0.15, 0.2) is 35.3 Å². The molecule has 8 heteroatoms. The van der Waals surface area contributed by atoms with Crippen molar-refractivity contribution >= 4 is 45.5 Å². The fraction of sp³-hybridized carbons (Fsp3) is 0.632. The first kappa shape index (κ1) is 24.0. The number of guanidine groups is 1. The smallest absolute Gasteiger partial charge is 0.191 e. The molecule has 2 N–H and O–H groups in total. The molecule has 0 spiro atoms. The lowest BCUT2D eigenvalue weighted by Crippen LogP contribution is -2.39. The van der Waals surface area contributed by atoms with E-state index in [1.54, 1.807) is 0 Å². The number of benzene rings is 1. The Labute approximate surface area is 181 Å². The molecule has 1 unspecified atom stereocenters. The quantitative estimate of drug-likeness (QED) is 0.232. The topological polar surface area (TPSA) is 73.8 Å². The Morgan fingerprint density at radius 2 is 1.96 bits per heavy atom. The Hall–Kier alpha value is -1.03. The highest BCUT2D eigenvalue weighted by Crippen LogP contribution is 2.18. The van der Waals surface area contributed by atoms with Crippen LogP contribution in [0, 0.1) is 5.92 Å². The van der Waals surface area contributed by atoms with Gasteiger partial charge in [0.25, 0.3) is 0 Å². The van der Waals surface area contributed by atoms with Gasteiger partial charge in [-0.1, -0.05) is 18.2 Å². The van der Waals surface area contributed by atoms with E-state index in [0.29, 0.717) is 12.3 Å². The van der Waals surface area contributed by atoms with Gasteiger partial charge in [-0.05, 0) is 44.7 Å². The van der Waals surface area contributed by atoms with Gasteiger partial charge in [0.05, 0.1) is 11.5 Å². The molecular formula is C19H33IN4O2S. The third-order valence-corrected chi connectivity index (χ3v) is 6.42. The third-order valence-electron chi connectivity index (χ3n) is 4.58. The van der Waals surface area contributed by atoms with Crippen LogP contribution in [0.1, 0.15) is 26.7 Å². The van der Waals surface area contributed by atoms with Crippen LogP contribution < -0.4 is 15.5 Å². The van der Waals surface area contributed by atoms with Crippen molar-refractivity contribution in [1.29, 1.82) is 0 Å². The highest BCUT2D eigenvalue weighted by Gasteiger charge is 2.27. The van der Waals surface area contributed by atoms with Gasteiger partial charge in [0.15, 0.2) is 15.8 Å². The molecule has 1 heterocycles. The van der Waals surface area contributed by atoms with Crippen LogP contribution in [-0.4, -0.2) is 58.6 Å². The van der Waals surface area contributed by atoms with Crippen LogP contribution in [0.5, 0.6) is 0 Å². The van der Waals surface area contributed by atoms with Gasteiger partial charge in [-0.2, -0.15) is 0 Å². The Morgan fingerprint density at radius 3 is 2.56 bits per heavy atom. The average molecular weight is 508 g/mol. The summed E-state index contributed by atoms with van der Waals surface area (Å²) in [6.07, 6.45) is 1.73. The number of nitrogens with one attached hydrogen (secondary N) is 2. The molecule has 0 bridgehead atoms. The summed E-state index contributed by atoms with van der Waals surface area (Å²) in [4.78, 5) is 6.93. The van der Waals surface area contributed by atoms with Gasteiger partial charge in [0.1, 0.15) is 0 Å². The molecule has 2 rings (SSSR count). The molecule has 0 aliphatic carbocycles. The standard InChI is InChI=1S/C19H32N4O2S.HI/c1-3-20-19(22-15-17-11-14-26(24,25)16-17)21-12-8-13-23(4-2)18-9-6-5-7-10-18;/h5-7,9-10,17H,3-4,8,11-16H2,1-2H3,(H2,20,21,22);1H. The molecule has 1 aromatic rings. The summed E-state index contributed by atoms with van der Waals surface area (Å²) >= 11 is 0. The number of hydrogen-bond acceptors (Lipinski definition) is 4. The van der Waals surface area contributed by atoms with Crippen molar-refractivity contribution in [3.05, 3.63) is 30.3 Å². The predicted octanol–water partition coefficient (Wildman–Crippen LogP) is 2.51. The van der Waals surface area contributed by atoms with E-state index < -0.39 is 9.84 Å². The number of rotatable bonds is 9. The molecule has 0 saturated carbocycles. The van der Waals surface area contributed by atoms with Gasteiger partial charge in [-0.15, -0.1) is 24.0 Å². The molecule has 1 aromatic carbocycles. The third kappa shape index (κ3) is 8.68. The number of anilines is 1. The first-order chi connectivity index (χ1) is 12.5. The maximum atomic E-state index is 11.5. The predicted molar refractivity (Wildman–Crippen MR) is 125 cm³/mol. The molecule has 1 aliphatic rings. The van der Waals surface area contributed by atoms with E-state index in [-0.39, 0.29) is 35.6 Å². The van der Waals surface area contributed by atoms with E-state index in [2.05, 4.69) is 51.7 Å². The van der Waals surface area contributed by atoms with E-state index in [1.807, 2.05) is 13.0 Å². The fourth-order valence-electron chi connectivity index (χ4n) is 3.16. The summed E-state index contributed by atoms with van der Waals surface area (Å²) in [7, 11) is -2.83. The normalized spacial score (nSPS) is 18.6. The number of aliphatic imine (C=N–C) groups is 1. The molecule has 0 amide bonds. The molecule has 1 atom stereocenters. The fourth-order valence-corrected chi connectivity index (χ4v) is 5.01. The largest absolute Gasteiger partial charge is 0.372 e. The van der Waals surface area contributed by atoms with Crippen molar-refractivity contribution in [2.24, 2.45) is 10.9 Å². The van der Waals surface area contributed by atoms with Crippen molar-refractivity contribution in [1.82, 2.24) is 10.6 Å². The van der Waals surface area contributed by atoms with Crippen molar-refractivity contribution in [3.8, 4) is 0 Å². The highest BCUT2D eigenvalue weighted by molar-refractivity contribution is 14.0. The average Bonchev–Trinajstić information content (AvgIpc) is 2.99. The molecule has 154 valence electrons. The SMILES string of the molecule is CCNC(=NCC1CCS(=O)(=O)C1)NCCCN(CC)c1ccccc1.I. The zero-order valence-electron chi connectivity index (χ0n) is 16.4. The lowest BCUT2D eigenvalue weighted by molar-refractivity contribution is 0.589. The first-order valence-corrected chi connectivity index (χ1v) is 11.4. The summed E-state index contributed by atoms with van der Waals surface area (Å²) in [5.74, 6) is 1.52. The monoisotopic (exact) mass is 508 g/mol. The molecule has 1 aliphatic heterocycles. The molecular weight excluding hydrogens is 475 g/mol. The van der Waals surface area contributed by atoms with Crippen LogP contribution in [0.2, 0.25) is 0 Å². The van der Waals surface area contributed by atoms with Crippen LogP contribution in [0.25, 0.3) is 0 Å². The molecule has 1 saturated heterocycles. The summed E-state index contributed by atoms with van der Waals surface area (Å²) in [5.41, 5.74) is 1.25. The van der Waals surface area contributed by atoms with E-state index in [0.717, 1.165) is 45.0 Å². The second-order valence-corrected chi connectivity index (χ2v) is 8.91. The zero-order valence-corrected chi connectivity index (χ0v) is 19.5. The van der Waals surface area contributed by atoms with Crippen molar-refractivity contribution in [2.75, 3.05) is 49.1 Å². The Kier molecular flexibility index (Phi) is 11.1. The lowest BCUT2D eigenvalue weighted by atomic mass is 10.1. The van der Waals surface area contributed by atoms with E-state index in [4.69, 9.17) is 0 Å². The summed E-state index contributed by atoms with van der Waals surface area (Å²) in [6.45, 7) is 8.35. The maximum absolute atomic E-state index is 11.5. The van der Waals surface area contributed by atoms with Crippen molar-refractivity contribution in [3.63, 3.8) is 0 Å². The highest BCUT2D eigenvalue weighted by atomic mass is 127. The van der Waals surface area contributed by atoms with Crippen LogP contribution in [-0.2, 0) is 9.84 Å². The minimum absolute atomic E-state index is 0. The van der Waals surface area contributed by atoms with Crippen molar-refractivity contribution < 1.29 is 8.42 Å². The van der Waals surface area contributed by atoms with E-state index in [9.17, 15) is 8.42 Å². The molecule has 0 radical (unpaired) electrons. The number of nitrogens with zero attached hydrogens (tertiary/aromatic N) is 2. The van der Waals surface area contributed by atoms with Gasteiger partial charge >= 0.3 is 0 Å². The number of sulfone groups is 1. The minimum atomic E-state index is -2.83. The van der Waals surface area contributed by atoms with Gasteiger partial charge in [0.2, 0.25) is 0 Å². The molecule has 6 nitrogen and oxygen atoms in total. The van der Waals surface area contributed by atoms with Gasteiger partial charge in [-0.3, -0.25) is 4.99 Å². The molecule has 0 aromatic heterocycles. The molecule has 27 heavy (non-hydrogen) atoms. The summed E-state index contributed by atoms with van der Waals surface area (Å²) < 4.78 is 23.1. The Balaban J connectivity index is 0.00000364. The van der Waals surface area contributed by atoms with Crippen LogP contribution in [0.4, 0.5) is 5.69 Å². The Bertz CT molecular complexity index is 668. The van der Waals surface area contributed by atoms with E-state index in [1.165, 1.54) is 5.69 Å². The second kappa shape index (κ2) is 12.4. The number of halogens is 1. The second-order valence-electron chi connectivity index (χ2n) is 6.68. The number of para-hydroxylation sites is 1. The summed E-state index contributed by atoms with van der Waals surface area (Å²) in [6, 6.07) is 10.4. The van der Waals surface area contributed by atoms with Crippen LogP contribution in [0.3, 0.4) is 0 Å². The Morgan fingerprint density at radius 1 is 1.22 bits per heavy atom. The van der Waals surface area contributed by atoms with Gasteiger partial charge in [0, 0.05) is 38.4 Å². The van der Waals surface area contributed by atoms with Crippen LogP contribution >= 0.6 is 24.0 Å². The maximum Gasteiger partial charge on any atom is 0.191 e. The zero-order chi connectivity index (χ0) is 18.8.